The molecule has 0 unspecified atom stereocenters. The van der Waals surface area contributed by atoms with Gasteiger partial charge in [-0.15, -0.1) is 0 Å². The average Bonchev–Trinajstić information content (AvgIpc) is 3.58. The van der Waals surface area contributed by atoms with Crippen LogP contribution in [-0.4, -0.2) is 37.3 Å². The highest BCUT2D eigenvalue weighted by molar-refractivity contribution is 6.23. The largest absolute Gasteiger partial charge is 0.497 e. The number of benzene rings is 4. The van der Waals surface area contributed by atoms with E-state index in [1.165, 1.54) is 4.90 Å². The van der Waals surface area contributed by atoms with Crippen LogP contribution >= 0.6 is 0 Å². The molecule has 2 bridgehead atoms. The van der Waals surface area contributed by atoms with E-state index in [2.05, 4.69) is 24.3 Å². The molecular weight excluding hydrogens is 556 g/mol. The zero-order valence-corrected chi connectivity index (χ0v) is 23.9. The molecule has 9 rings (SSSR count). The molecule has 0 aromatic heterocycles. The number of esters is 1. The quantitative estimate of drug-likeness (QED) is 0.185. The molecule has 2 fully saturated rings. The van der Waals surface area contributed by atoms with E-state index in [1.807, 2.05) is 24.3 Å². The molecule has 8 nitrogen and oxygen atoms in total. The second-order valence-corrected chi connectivity index (χ2v) is 11.8. The molecule has 2 heterocycles. The van der Waals surface area contributed by atoms with Crippen LogP contribution in [0.15, 0.2) is 97.1 Å². The van der Waals surface area contributed by atoms with Crippen molar-refractivity contribution in [3.05, 3.63) is 119 Å². The van der Waals surface area contributed by atoms with Gasteiger partial charge in [-0.2, -0.15) is 0 Å². The van der Waals surface area contributed by atoms with Crippen molar-refractivity contribution in [1.82, 2.24) is 0 Å². The Morgan fingerprint density at radius 1 is 0.682 bits per heavy atom. The van der Waals surface area contributed by atoms with Crippen molar-refractivity contribution in [2.24, 2.45) is 17.8 Å². The van der Waals surface area contributed by atoms with Crippen LogP contribution in [0.4, 0.5) is 11.4 Å². The van der Waals surface area contributed by atoms with Gasteiger partial charge in [-0.3, -0.25) is 19.2 Å². The van der Waals surface area contributed by atoms with Crippen molar-refractivity contribution in [2.75, 3.05) is 23.5 Å². The molecule has 2 aliphatic heterocycles. The zero-order chi connectivity index (χ0) is 30.1. The summed E-state index contributed by atoms with van der Waals surface area (Å²) in [7, 11) is 1.56. The summed E-state index contributed by atoms with van der Waals surface area (Å²) in [6, 6.07) is 29.9. The van der Waals surface area contributed by atoms with E-state index in [0.717, 1.165) is 22.3 Å². The Balaban J connectivity index is 1.01. The molecule has 4 aromatic carbocycles. The topological polar surface area (TPSA) is 93.2 Å². The van der Waals surface area contributed by atoms with E-state index >= 15 is 0 Å². The van der Waals surface area contributed by atoms with Gasteiger partial charge in [0.1, 0.15) is 11.5 Å². The number of imide groups is 1. The van der Waals surface area contributed by atoms with E-state index in [0.29, 0.717) is 17.1 Å². The van der Waals surface area contributed by atoms with Gasteiger partial charge in [0.25, 0.3) is 0 Å². The van der Waals surface area contributed by atoms with Gasteiger partial charge in [-0.1, -0.05) is 54.6 Å². The number of hydrogen-bond acceptors (Lipinski definition) is 6. The third-order valence-corrected chi connectivity index (χ3v) is 9.59. The van der Waals surface area contributed by atoms with Crippen molar-refractivity contribution in [3.8, 4) is 11.5 Å². The molecule has 5 aliphatic rings. The van der Waals surface area contributed by atoms with E-state index in [1.54, 1.807) is 60.5 Å². The maximum Gasteiger partial charge on any atom is 0.316 e. The molecule has 8 heteroatoms. The summed E-state index contributed by atoms with van der Waals surface area (Å²) in [5.41, 5.74) is 5.60. The molecule has 2 saturated heterocycles. The minimum absolute atomic E-state index is 0.0425. The number of hydrogen-bond donors (Lipinski definition) is 0. The summed E-state index contributed by atoms with van der Waals surface area (Å²) in [6.45, 7) is 0.204. The predicted molar refractivity (Wildman–Crippen MR) is 162 cm³/mol. The van der Waals surface area contributed by atoms with Crippen molar-refractivity contribution < 1.29 is 28.7 Å². The van der Waals surface area contributed by atoms with Gasteiger partial charge in [-0.05, 0) is 58.7 Å². The van der Waals surface area contributed by atoms with Crippen molar-refractivity contribution >= 4 is 35.1 Å². The number of carbonyl (C=O) groups excluding carboxylic acids is 4. The molecular formula is C36H28N2O6. The second kappa shape index (κ2) is 9.91. The van der Waals surface area contributed by atoms with Gasteiger partial charge in [0, 0.05) is 36.6 Å². The van der Waals surface area contributed by atoms with Gasteiger partial charge < -0.3 is 14.4 Å². The highest BCUT2D eigenvalue weighted by Gasteiger charge is 2.61. The van der Waals surface area contributed by atoms with Gasteiger partial charge in [0.2, 0.25) is 17.7 Å². The number of amides is 3. The number of rotatable bonds is 5. The normalized spacial score (nSPS) is 24.7. The average molecular weight is 585 g/mol. The van der Waals surface area contributed by atoms with Crippen LogP contribution in [-0.2, 0) is 19.2 Å². The molecule has 218 valence electrons. The molecule has 0 N–H and O–H groups in total. The van der Waals surface area contributed by atoms with Crippen LogP contribution in [0.1, 0.15) is 40.5 Å². The fourth-order valence-corrected chi connectivity index (χ4v) is 7.69. The van der Waals surface area contributed by atoms with Crippen molar-refractivity contribution in [1.29, 1.82) is 0 Å². The Morgan fingerprint density at radius 2 is 1.25 bits per heavy atom. The summed E-state index contributed by atoms with van der Waals surface area (Å²) < 4.78 is 10.9. The summed E-state index contributed by atoms with van der Waals surface area (Å²) in [5.74, 6) is -2.10. The third kappa shape index (κ3) is 3.83. The maximum atomic E-state index is 14.0. The smallest absolute Gasteiger partial charge is 0.316 e. The molecule has 4 aromatic rings. The first-order valence-corrected chi connectivity index (χ1v) is 14.8. The fraction of sp³-hybridized carbons (Fsp3) is 0.222. The number of anilines is 2. The van der Waals surface area contributed by atoms with Crippen LogP contribution in [0, 0.1) is 17.8 Å². The molecule has 3 atom stereocenters. The molecule has 3 aliphatic carbocycles. The molecule has 0 spiro atoms. The van der Waals surface area contributed by atoms with E-state index < -0.39 is 23.7 Å². The first-order chi connectivity index (χ1) is 21.4. The Hall–Kier alpha value is -5.24. The monoisotopic (exact) mass is 584 g/mol. The Morgan fingerprint density at radius 3 is 1.80 bits per heavy atom. The maximum absolute atomic E-state index is 14.0. The summed E-state index contributed by atoms with van der Waals surface area (Å²) in [5, 5.41) is 0. The standard InChI is InChI=1S/C36H28N2O6/c1-43-24-8-6-7-22(18-24)37-19-20(17-29(37)39)36(42)44-23-15-13-21(14-16-23)38-34(40)32-30-25-9-2-3-10-26(25)31(33(32)35(38)41)28-12-5-4-11-27(28)30/h2-16,18,20,30-33H,17,19H2,1H3/t20-,30?,31?,32+,33+/m1/s1. The lowest BCUT2D eigenvalue weighted by molar-refractivity contribution is -0.139. The minimum atomic E-state index is -0.628. The minimum Gasteiger partial charge on any atom is -0.497 e. The van der Waals surface area contributed by atoms with E-state index in [9.17, 15) is 19.2 Å². The highest BCUT2D eigenvalue weighted by Crippen LogP contribution is 2.61. The van der Waals surface area contributed by atoms with Crippen LogP contribution < -0.4 is 19.3 Å². The first-order valence-electron chi connectivity index (χ1n) is 14.8. The second-order valence-electron chi connectivity index (χ2n) is 11.8. The number of ether oxygens (including phenoxy) is 2. The molecule has 0 saturated carbocycles. The molecule has 3 amide bonds. The van der Waals surface area contributed by atoms with Gasteiger partial charge in [0.05, 0.1) is 30.6 Å². The summed E-state index contributed by atoms with van der Waals surface area (Å²) in [4.78, 5) is 56.6. The van der Waals surface area contributed by atoms with Gasteiger partial charge >= 0.3 is 5.97 Å². The summed E-state index contributed by atoms with van der Waals surface area (Å²) >= 11 is 0. The Kier molecular flexibility index (Phi) is 5.94. The van der Waals surface area contributed by atoms with Crippen molar-refractivity contribution in [3.63, 3.8) is 0 Å². The van der Waals surface area contributed by atoms with Crippen LogP contribution in [0.2, 0.25) is 0 Å². The van der Waals surface area contributed by atoms with Gasteiger partial charge in [0.15, 0.2) is 0 Å². The summed E-state index contributed by atoms with van der Waals surface area (Å²) in [6.07, 6.45) is 0.0425. The molecule has 44 heavy (non-hydrogen) atoms. The third-order valence-electron chi connectivity index (χ3n) is 9.59. The van der Waals surface area contributed by atoms with Crippen molar-refractivity contribution in [2.45, 2.75) is 18.3 Å². The number of nitrogens with zero attached hydrogens (tertiary/aromatic N) is 2. The lowest BCUT2D eigenvalue weighted by atomic mass is 9.55. The van der Waals surface area contributed by atoms with Crippen LogP contribution in [0.3, 0.4) is 0 Å². The predicted octanol–water partition coefficient (Wildman–Crippen LogP) is 5.05. The van der Waals surface area contributed by atoms with E-state index in [-0.39, 0.29) is 48.3 Å². The van der Waals surface area contributed by atoms with Crippen LogP contribution in [0.25, 0.3) is 0 Å². The van der Waals surface area contributed by atoms with E-state index in [4.69, 9.17) is 9.47 Å². The Labute approximate surface area is 253 Å². The lowest BCUT2D eigenvalue weighted by Crippen LogP contribution is -2.41. The van der Waals surface area contributed by atoms with Gasteiger partial charge in [-0.25, -0.2) is 4.90 Å². The molecule has 0 radical (unpaired) electrons. The first kappa shape index (κ1) is 26.4. The Bertz CT molecular complexity index is 1750. The lowest BCUT2D eigenvalue weighted by Gasteiger charge is -2.45. The highest BCUT2D eigenvalue weighted by atomic mass is 16.5. The number of methoxy groups -OCH3 is 1. The fourth-order valence-electron chi connectivity index (χ4n) is 7.69. The SMILES string of the molecule is COc1cccc(N2C[C@H](C(=O)Oc3ccc(N4C(=O)[C@H]5C6c7ccccc7C(c7ccccc76)[C@@H]5C4=O)cc3)CC2=O)c1. The van der Waals surface area contributed by atoms with Crippen LogP contribution in [0.5, 0.6) is 11.5 Å². The zero-order valence-electron chi connectivity index (χ0n) is 23.9. The number of carbonyl (C=O) groups is 4.